The molecule has 0 aromatic rings. The normalized spacial score (nSPS) is 46.9. The van der Waals surface area contributed by atoms with Crippen molar-refractivity contribution >= 4 is 22.8 Å². The molecule has 0 unspecified atom stereocenters. The fourth-order valence-electron chi connectivity index (χ4n) is 3.34. The van der Waals surface area contributed by atoms with Crippen LogP contribution >= 0.6 is 11.8 Å². The summed E-state index contributed by atoms with van der Waals surface area (Å²) in [6.07, 6.45) is 2.77. The predicted octanol–water partition coefficient (Wildman–Crippen LogP) is 1.70. The topological polar surface area (TPSA) is 61.7 Å². The Morgan fingerprint density at radius 3 is 2.68 bits per heavy atom. The summed E-state index contributed by atoms with van der Waals surface area (Å²) in [5, 5.41) is 13.4. The second kappa shape index (κ2) is 4.35. The molecule has 2 aliphatic carbocycles. The summed E-state index contributed by atoms with van der Waals surface area (Å²) < 4.78 is -0.587. The van der Waals surface area contributed by atoms with E-state index < -0.39 is 4.75 Å². The summed E-state index contributed by atoms with van der Waals surface area (Å²) >= 11 is 1.47. The molecule has 19 heavy (non-hydrogen) atoms. The Bertz CT molecular complexity index is 474. The van der Waals surface area contributed by atoms with E-state index in [0.717, 1.165) is 30.0 Å². The van der Waals surface area contributed by atoms with Gasteiger partial charge in [-0.05, 0) is 44.9 Å². The standard InChI is InChI=1S/C14H20N2O2S/c1-7(2)14(3)12(18)16-13(19-14)15-10-5-9-4-8(10)6-11(9)17/h8-11,17H,1,4-6H2,2-3H3,(H,15,16,18)/t8-,9-,10+,11+,14+/m1/s1. The number of fused-ring (bicyclic) bond motifs is 2. The average Bonchev–Trinajstić information content (AvgIpc) is 2.94. The van der Waals surface area contributed by atoms with E-state index in [-0.39, 0.29) is 18.1 Å². The third-order valence-electron chi connectivity index (χ3n) is 4.83. The molecule has 4 nitrogen and oxygen atoms in total. The van der Waals surface area contributed by atoms with Gasteiger partial charge in [0.2, 0.25) is 5.91 Å². The SMILES string of the molecule is C=C(C)[C@]1(C)SC(=N[C@H]2C[C@H]3C[C@@H]2C[C@@H]3O)NC1=O. The number of hydrogen-bond donors (Lipinski definition) is 2. The lowest BCUT2D eigenvalue weighted by Crippen LogP contribution is -2.34. The summed E-state index contributed by atoms with van der Waals surface area (Å²) in [4.78, 5) is 16.7. The zero-order valence-electron chi connectivity index (χ0n) is 11.3. The number of rotatable bonds is 2. The van der Waals surface area contributed by atoms with Crippen molar-refractivity contribution in [2.75, 3.05) is 0 Å². The Kier molecular flexibility index (Phi) is 3.02. The van der Waals surface area contributed by atoms with Crippen molar-refractivity contribution in [3.8, 4) is 0 Å². The van der Waals surface area contributed by atoms with Crippen LogP contribution < -0.4 is 5.32 Å². The van der Waals surface area contributed by atoms with E-state index in [2.05, 4.69) is 11.9 Å². The van der Waals surface area contributed by atoms with E-state index >= 15 is 0 Å². The highest BCUT2D eigenvalue weighted by Gasteiger charge is 2.47. The van der Waals surface area contributed by atoms with Crippen LogP contribution in [0.1, 0.15) is 33.1 Å². The van der Waals surface area contributed by atoms with E-state index in [1.807, 2.05) is 13.8 Å². The molecule has 104 valence electrons. The fourth-order valence-corrected chi connectivity index (χ4v) is 4.38. The molecule has 5 heteroatoms. The molecule has 1 aliphatic heterocycles. The number of carbonyl (C=O) groups is 1. The number of aliphatic imine (C=N–C) groups is 1. The first-order valence-electron chi connectivity index (χ1n) is 6.82. The smallest absolute Gasteiger partial charge is 0.246 e. The van der Waals surface area contributed by atoms with Crippen molar-refractivity contribution in [3.63, 3.8) is 0 Å². The summed E-state index contributed by atoms with van der Waals surface area (Å²) in [6, 6.07) is 0.267. The molecule has 1 amide bonds. The minimum atomic E-state index is -0.587. The molecule has 2 N–H and O–H groups in total. The van der Waals surface area contributed by atoms with Crippen LogP contribution in [0, 0.1) is 11.8 Å². The lowest BCUT2D eigenvalue weighted by molar-refractivity contribution is -0.120. The third-order valence-corrected chi connectivity index (χ3v) is 6.18. The average molecular weight is 280 g/mol. The van der Waals surface area contributed by atoms with Crippen molar-refractivity contribution in [1.29, 1.82) is 0 Å². The second-order valence-electron chi connectivity index (χ2n) is 6.17. The molecule has 3 rings (SSSR count). The summed E-state index contributed by atoms with van der Waals surface area (Å²) in [5.74, 6) is 0.877. The minimum absolute atomic E-state index is 0.0214. The van der Waals surface area contributed by atoms with Crippen LogP contribution in [0.25, 0.3) is 0 Å². The van der Waals surface area contributed by atoms with Gasteiger partial charge in [0.25, 0.3) is 0 Å². The van der Waals surface area contributed by atoms with E-state index in [1.165, 1.54) is 11.8 Å². The third kappa shape index (κ3) is 2.03. The first kappa shape index (κ1) is 13.2. The zero-order chi connectivity index (χ0) is 13.8. The number of nitrogens with zero attached hydrogens (tertiary/aromatic N) is 1. The summed E-state index contributed by atoms with van der Waals surface area (Å²) in [7, 11) is 0. The predicted molar refractivity (Wildman–Crippen MR) is 77.0 cm³/mol. The highest BCUT2D eigenvalue weighted by molar-refractivity contribution is 8.16. The van der Waals surface area contributed by atoms with Gasteiger partial charge in [-0.25, -0.2) is 0 Å². The quantitative estimate of drug-likeness (QED) is 0.757. The van der Waals surface area contributed by atoms with E-state index in [0.29, 0.717) is 11.8 Å². The lowest BCUT2D eigenvalue weighted by atomic mass is 9.94. The van der Waals surface area contributed by atoms with Gasteiger partial charge in [-0.3, -0.25) is 9.79 Å². The van der Waals surface area contributed by atoms with Crippen molar-refractivity contribution in [2.45, 2.75) is 50.0 Å². The maximum Gasteiger partial charge on any atom is 0.246 e. The number of nitrogens with one attached hydrogen (secondary N) is 1. The Hall–Kier alpha value is -0.810. The van der Waals surface area contributed by atoms with Crippen molar-refractivity contribution in [2.24, 2.45) is 16.8 Å². The largest absolute Gasteiger partial charge is 0.393 e. The Morgan fingerprint density at radius 1 is 1.47 bits per heavy atom. The number of thioether (sulfide) groups is 1. The van der Waals surface area contributed by atoms with Crippen molar-refractivity contribution in [1.82, 2.24) is 5.32 Å². The van der Waals surface area contributed by atoms with Gasteiger partial charge in [0.05, 0.1) is 12.1 Å². The molecule has 0 aromatic carbocycles. The molecule has 0 spiro atoms. The molecule has 0 aromatic heterocycles. The Morgan fingerprint density at radius 2 is 2.21 bits per heavy atom. The van der Waals surface area contributed by atoms with Gasteiger partial charge in [-0.15, -0.1) is 0 Å². The van der Waals surface area contributed by atoms with Crippen LogP contribution in [0.15, 0.2) is 17.1 Å². The van der Waals surface area contributed by atoms with Crippen molar-refractivity contribution in [3.05, 3.63) is 12.2 Å². The second-order valence-corrected chi connectivity index (χ2v) is 7.57. The van der Waals surface area contributed by atoms with E-state index in [9.17, 15) is 9.90 Å². The van der Waals surface area contributed by atoms with Gasteiger partial charge in [-0.1, -0.05) is 23.9 Å². The van der Waals surface area contributed by atoms with Crippen LogP contribution in [0.3, 0.4) is 0 Å². The Balaban J connectivity index is 1.74. The van der Waals surface area contributed by atoms with Gasteiger partial charge in [0.15, 0.2) is 5.17 Å². The molecule has 0 radical (unpaired) electrons. The molecule has 1 saturated heterocycles. The zero-order valence-corrected chi connectivity index (χ0v) is 12.2. The summed E-state index contributed by atoms with van der Waals surface area (Å²) in [5.41, 5.74) is 0.851. The minimum Gasteiger partial charge on any atom is -0.393 e. The maximum absolute atomic E-state index is 12.0. The van der Waals surface area contributed by atoms with E-state index in [1.54, 1.807) is 0 Å². The lowest BCUT2D eigenvalue weighted by Gasteiger charge is -2.22. The molecule has 3 aliphatic rings. The fraction of sp³-hybridized carbons (Fsp3) is 0.714. The van der Waals surface area contributed by atoms with Crippen molar-refractivity contribution < 1.29 is 9.90 Å². The van der Waals surface area contributed by atoms with Crippen LogP contribution in [0.2, 0.25) is 0 Å². The Labute approximate surface area is 117 Å². The molecular weight excluding hydrogens is 260 g/mol. The number of carbonyl (C=O) groups excluding carboxylic acids is 1. The number of amidine groups is 1. The van der Waals surface area contributed by atoms with Gasteiger partial charge >= 0.3 is 0 Å². The monoisotopic (exact) mass is 280 g/mol. The van der Waals surface area contributed by atoms with Crippen LogP contribution in [0.5, 0.6) is 0 Å². The van der Waals surface area contributed by atoms with Crippen LogP contribution in [-0.4, -0.2) is 33.1 Å². The number of aliphatic hydroxyl groups is 1. The van der Waals surface area contributed by atoms with Gasteiger partial charge in [-0.2, -0.15) is 0 Å². The molecule has 5 atom stereocenters. The maximum atomic E-state index is 12.0. The number of aliphatic hydroxyl groups excluding tert-OH is 1. The van der Waals surface area contributed by atoms with Gasteiger partial charge in [0.1, 0.15) is 4.75 Å². The number of amides is 1. The van der Waals surface area contributed by atoms with Crippen LogP contribution in [0.4, 0.5) is 0 Å². The molecule has 3 fully saturated rings. The number of hydrogen-bond acceptors (Lipinski definition) is 4. The molecular formula is C14H20N2O2S. The summed E-state index contributed by atoms with van der Waals surface area (Å²) in [6.45, 7) is 7.67. The molecule has 2 bridgehead atoms. The molecule has 1 heterocycles. The van der Waals surface area contributed by atoms with E-state index in [4.69, 9.17) is 4.99 Å². The van der Waals surface area contributed by atoms with Gasteiger partial charge in [0, 0.05) is 0 Å². The first-order chi connectivity index (χ1) is 8.90. The highest BCUT2D eigenvalue weighted by Crippen LogP contribution is 2.47. The highest BCUT2D eigenvalue weighted by atomic mass is 32.2. The molecule has 2 saturated carbocycles. The van der Waals surface area contributed by atoms with Gasteiger partial charge < -0.3 is 10.4 Å². The van der Waals surface area contributed by atoms with Crippen LogP contribution in [-0.2, 0) is 4.79 Å². The first-order valence-corrected chi connectivity index (χ1v) is 7.64.